The molecule has 16 heteroatoms. The van der Waals surface area contributed by atoms with Gasteiger partial charge in [0, 0.05) is 76.4 Å². The molecule has 0 bridgehead atoms. The van der Waals surface area contributed by atoms with Crippen molar-refractivity contribution in [1.82, 2.24) is 28.7 Å². The first-order chi connectivity index (χ1) is 19.5. The first-order valence-corrected chi connectivity index (χ1v) is 15.3. The Balaban J connectivity index is 1.72. The highest BCUT2D eigenvalue weighted by molar-refractivity contribution is 7.88. The number of fused-ring (bicyclic) bond motifs is 1. The third-order valence-electron chi connectivity index (χ3n) is 7.42. The van der Waals surface area contributed by atoms with Gasteiger partial charge in [-0.05, 0) is 12.0 Å². The highest BCUT2D eigenvalue weighted by Gasteiger charge is 2.34. The summed E-state index contributed by atoms with van der Waals surface area (Å²) in [7, 11) is -1.72. The third-order valence-corrected chi connectivity index (χ3v) is 8.73. The standard InChI is InChI=1S/C25H34F3N9O3S/c1-4-17-13-19(34-9-11-40-12-10-34)21-22(32-20(17)18-14-30-23(29-2)31-15-18)37(16-25(26,27)28)24(33-21)35-5-7-36(8-6-35)41(3,38)39/h14-15H,4-13,16H2,1-3H3,(H,29,30,31). The largest absolute Gasteiger partial charge is 0.406 e. The number of ether oxygens (including phenoxy) is 1. The molecule has 2 saturated heterocycles. The zero-order chi connectivity index (χ0) is 29.4. The Labute approximate surface area is 236 Å². The van der Waals surface area contributed by atoms with Crippen LogP contribution in [0, 0.1) is 0 Å². The maximum atomic E-state index is 14.1. The molecule has 3 aliphatic rings. The average molecular weight is 598 g/mol. The van der Waals surface area contributed by atoms with Crippen LogP contribution in [0.3, 0.4) is 0 Å². The number of aromatic nitrogens is 4. The Morgan fingerprint density at radius 2 is 1.68 bits per heavy atom. The van der Waals surface area contributed by atoms with Crippen molar-refractivity contribution < 1.29 is 26.3 Å². The fourth-order valence-corrected chi connectivity index (χ4v) is 6.14. The first-order valence-electron chi connectivity index (χ1n) is 13.5. The van der Waals surface area contributed by atoms with Gasteiger partial charge in [0.25, 0.3) is 0 Å². The van der Waals surface area contributed by atoms with E-state index in [1.807, 2.05) is 6.92 Å². The van der Waals surface area contributed by atoms with Crippen LogP contribution in [0.15, 0.2) is 23.0 Å². The van der Waals surface area contributed by atoms with Crippen LogP contribution < -0.4 is 21.1 Å². The summed E-state index contributed by atoms with van der Waals surface area (Å²) in [5.41, 5.74) is 2.96. The van der Waals surface area contributed by atoms with E-state index in [1.165, 1.54) is 4.31 Å². The minimum Gasteiger partial charge on any atom is -0.378 e. The lowest BCUT2D eigenvalue weighted by atomic mass is 10.0. The minimum atomic E-state index is -4.55. The van der Waals surface area contributed by atoms with E-state index in [2.05, 4.69) is 20.2 Å². The molecule has 0 unspecified atom stereocenters. The lowest BCUT2D eigenvalue weighted by Gasteiger charge is -2.34. The lowest BCUT2D eigenvalue weighted by molar-refractivity contribution is -0.140. The van der Waals surface area contributed by atoms with Crippen LogP contribution in [0.2, 0.25) is 0 Å². The summed E-state index contributed by atoms with van der Waals surface area (Å²) >= 11 is 0. The van der Waals surface area contributed by atoms with Crippen molar-refractivity contribution in [2.45, 2.75) is 32.5 Å². The second-order valence-corrected chi connectivity index (χ2v) is 12.1. The van der Waals surface area contributed by atoms with Crippen molar-refractivity contribution >= 4 is 33.3 Å². The number of halogens is 3. The molecule has 2 fully saturated rings. The molecule has 0 atom stereocenters. The quantitative estimate of drug-likeness (QED) is 0.490. The molecule has 224 valence electrons. The van der Waals surface area contributed by atoms with E-state index in [0.29, 0.717) is 61.7 Å². The van der Waals surface area contributed by atoms with Crippen molar-refractivity contribution in [1.29, 1.82) is 0 Å². The van der Waals surface area contributed by atoms with Gasteiger partial charge in [-0.1, -0.05) is 6.92 Å². The van der Waals surface area contributed by atoms with Crippen molar-refractivity contribution in [2.24, 2.45) is 4.99 Å². The van der Waals surface area contributed by atoms with Gasteiger partial charge in [0.1, 0.15) is 11.9 Å². The van der Waals surface area contributed by atoms with Crippen LogP contribution in [-0.2, 0) is 21.3 Å². The number of hydrogen-bond donors (Lipinski definition) is 1. The fourth-order valence-electron chi connectivity index (χ4n) is 5.32. The van der Waals surface area contributed by atoms with Crippen LogP contribution in [0.5, 0.6) is 0 Å². The van der Waals surface area contributed by atoms with E-state index >= 15 is 0 Å². The lowest BCUT2D eigenvalue weighted by Crippen LogP contribution is -2.49. The molecule has 2 aromatic heterocycles. The monoisotopic (exact) mass is 597 g/mol. The molecule has 5 heterocycles. The molecule has 0 aromatic carbocycles. The molecule has 0 amide bonds. The summed E-state index contributed by atoms with van der Waals surface area (Å²) in [5, 5.41) is 3.26. The highest BCUT2D eigenvalue weighted by Crippen LogP contribution is 2.30. The van der Waals surface area contributed by atoms with Crippen molar-refractivity contribution in [3.8, 4) is 0 Å². The summed E-state index contributed by atoms with van der Waals surface area (Å²) in [6.45, 7) is 3.57. The Morgan fingerprint density at radius 1 is 1.02 bits per heavy atom. The molecule has 12 nitrogen and oxygen atoms in total. The van der Waals surface area contributed by atoms with Crippen LogP contribution in [0.4, 0.5) is 25.1 Å². The van der Waals surface area contributed by atoms with Crippen molar-refractivity contribution in [3.05, 3.63) is 34.4 Å². The zero-order valence-electron chi connectivity index (χ0n) is 23.3. The number of nitrogens with zero attached hydrogens (tertiary/aromatic N) is 8. The zero-order valence-corrected chi connectivity index (χ0v) is 24.1. The van der Waals surface area contributed by atoms with Gasteiger partial charge in [0.2, 0.25) is 21.9 Å². The first kappa shape index (κ1) is 29.3. The molecule has 5 rings (SSSR count). The third kappa shape index (κ3) is 6.33. The SMILES string of the molecule is CCC1=C(c2cnc(NC)nc2)N=c2c(nc(N3CCN(S(C)(=O)=O)CC3)n2CC(F)(F)F)=C(N2CCOCC2)C1. The number of rotatable bonds is 7. The second kappa shape index (κ2) is 11.6. The van der Waals surface area contributed by atoms with Gasteiger partial charge in [0.05, 0.1) is 25.2 Å². The molecule has 0 radical (unpaired) electrons. The highest BCUT2D eigenvalue weighted by atomic mass is 32.2. The van der Waals surface area contributed by atoms with Gasteiger partial charge in [0.15, 0.2) is 5.49 Å². The van der Waals surface area contributed by atoms with Crippen LogP contribution in [-0.4, -0.2) is 109 Å². The van der Waals surface area contributed by atoms with Gasteiger partial charge in [-0.2, -0.15) is 17.5 Å². The summed E-state index contributed by atoms with van der Waals surface area (Å²) in [4.78, 5) is 22.2. The van der Waals surface area contributed by atoms with Crippen molar-refractivity contribution in [3.63, 3.8) is 0 Å². The predicted molar refractivity (Wildman–Crippen MR) is 147 cm³/mol. The van der Waals surface area contributed by atoms with Gasteiger partial charge < -0.3 is 19.9 Å². The van der Waals surface area contributed by atoms with Crippen LogP contribution >= 0.6 is 0 Å². The molecule has 0 saturated carbocycles. The number of sulfonamides is 1. The maximum absolute atomic E-state index is 14.1. The number of hydrogen-bond acceptors (Lipinski definition) is 10. The molecule has 0 aliphatic carbocycles. The van der Waals surface area contributed by atoms with Gasteiger partial charge >= 0.3 is 6.18 Å². The van der Waals surface area contributed by atoms with Crippen LogP contribution in [0.25, 0.3) is 11.4 Å². The Bertz CT molecular complexity index is 1520. The summed E-state index contributed by atoms with van der Waals surface area (Å²) < 4.78 is 74.4. The molecule has 0 spiro atoms. The summed E-state index contributed by atoms with van der Waals surface area (Å²) in [6, 6.07) is 0. The van der Waals surface area contributed by atoms with Crippen LogP contribution in [0.1, 0.15) is 25.3 Å². The second-order valence-electron chi connectivity index (χ2n) is 10.1. The fraction of sp³-hybridized carbons (Fsp3) is 0.600. The maximum Gasteiger partial charge on any atom is 0.406 e. The Kier molecular flexibility index (Phi) is 8.25. The topological polar surface area (TPSA) is 121 Å². The predicted octanol–water partition coefficient (Wildman–Crippen LogP) is 0.644. The Hall–Kier alpha value is -3.24. The number of alkyl halides is 3. The number of imidazole rings is 1. The van der Waals surface area contributed by atoms with E-state index in [4.69, 9.17) is 14.7 Å². The van der Waals surface area contributed by atoms with E-state index in [1.54, 1.807) is 24.3 Å². The molecule has 2 aromatic rings. The molecular weight excluding hydrogens is 563 g/mol. The number of nitrogens with one attached hydrogen (secondary N) is 1. The van der Waals surface area contributed by atoms with E-state index in [9.17, 15) is 21.6 Å². The Morgan fingerprint density at radius 3 is 2.24 bits per heavy atom. The van der Waals surface area contributed by atoms with Gasteiger partial charge in [-0.3, -0.25) is 4.57 Å². The average Bonchev–Trinajstić information content (AvgIpc) is 3.19. The smallest absolute Gasteiger partial charge is 0.378 e. The van der Waals surface area contributed by atoms with Crippen molar-refractivity contribution in [2.75, 3.05) is 76.0 Å². The minimum absolute atomic E-state index is 0.112. The molecule has 3 aliphatic heterocycles. The molecular formula is C25H34F3N9O3S. The normalized spacial score (nSPS) is 19.2. The summed E-state index contributed by atoms with van der Waals surface area (Å²) in [6.07, 6.45) is 0.869. The molecule has 41 heavy (non-hydrogen) atoms. The van der Waals surface area contributed by atoms with E-state index < -0.39 is 22.7 Å². The summed E-state index contributed by atoms with van der Waals surface area (Å²) in [5.74, 6) is 0.538. The van der Waals surface area contributed by atoms with Gasteiger partial charge in [-0.25, -0.2) is 28.4 Å². The molecule has 1 N–H and O–H groups in total. The number of anilines is 2. The number of piperazine rings is 1. The van der Waals surface area contributed by atoms with E-state index in [0.717, 1.165) is 22.1 Å². The van der Waals surface area contributed by atoms with Gasteiger partial charge in [-0.15, -0.1) is 0 Å². The number of morpholine rings is 1. The van der Waals surface area contributed by atoms with E-state index in [-0.39, 0.29) is 37.6 Å².